The van der Waals surface area contributed by atoms with Gasteiger partial charge in [0.2, 0.25) is 0 Å². The molecule has 9 heteroatoms. The molecule has 0 aliphatic rings. The molecule has 0 spiro atoms. The molecular weight excluding hydrogens is 432 g/mol. The van der Waals surface area contributed by atoms with Crippen molar-refractivity contribution < 1.29 is 26.0 Å². The van der Waals surface area contributed by atoms with Crippen LogP contribution < -0.4 is 8.37 Å². The highest BCUT2D eigenvalue weighted by Crippen LogP contribution is 2.50. The van der Waals surface area contributed by atoms with Gasteiger partial charge in [0.1, 0.15) is 11.5 Å². The molecule has 150 valence electrons. The zero-order chi connectivity index (χ0) is 20.4. The molecule has 1 aromatic heterocycles. The van der Waals surface area contributed by atoms with Crippen LogP contribution in [-0.4, -0.2) is 21.8 Å². The van der Waals surface area contributed by atoms with E-state index < -0.39 is 10.1 Å². The Hall–Kier alpha value is -2.30. The Labute approximate surface area is 175 Å². The highest BCUT2D eigenvalue weighted by atomic mass is 32.2. The van der Waals surface area contributed by atoms with Gasteiger partial charge in [-0.1, -0.05) is 18.2 Å². The van der Waals surface area contributed by atoms with Crippen LogP contribution in [0.5, 0.6) is 11.5 Å². The van der Waals surface area contributed by atoms with E-state index >= 15 is 0 Å². The zero-order valence-electron chi connectivity index (χ0n) is 15.5. The first kappa shape index (κ1) is 20.0. The highest BCUT2D eigenvalue weighted by molar-refractivity contribution is 7.90. The number of benzene rings is 3. The fraction of sp³-hybridized carbons (Fsp3) is 0.100. The molecule has 3 aromatic carbocycles. The van der Waals surface area contributed by atoms with Crippen LogP contribution in [0.2, 0.25) is 0 Å². The molecule has 1 atom stereocenters. The average Bonchev–Trinajstić information content (AvgIpc) is 3.01. The van der Waals surface area contributed by atoms with Crippen molar-refractivity contribution in [3.8, 4) is 16.4 Å². The van der Waals surface area contributed by atoms with Crippen LogP contribution >= 0.6 is 22.8 Å². The Balaban J connectivity index is 1.93. The molecule has 0 fully saturated rings. The first-order valence-corrected chi connectivity index (χ1v) is 12.2. The summed E-state index contributed by atoms with van der Waals surface area (Å²) in [7, 11) is -2.53. The van der Waals surface area contributed by atoms with Crippen molar-refractivity contribution in [2.75, 3.05) is 13.4 Å². The molecule has 1 heterocycles. The van der Waals surface area contributed by atoms with Gasteiger partial charge >= 0.3 is 10.1 Å². The summed E-state index contributed by atoms with van der Waals surface area (Å²) >= 11 is 0.717. The Bertz CT molecular complexity index is 1270. The van der Waals surface area contributed by atoms with E-state index in [-0.39, 0.29) is 16.2 Å². The minimum atomic E-state index is -3.62. The molecule has 0 aliphatic carbocycles. The molecule has 4 aromatic rings. The molecule has 0 saturated heterocycles. The summed E-state index contributed by atoms with van der Waals surface area (Å²) in [6.45, 7) is 0. The number of rotatable bonds is 7. The lowest BCUT2D eigenvalue weighted by atomic mass is 10.1. The molecule has 0 amide bonds. The van der Waals surface area contributed by atoms with Crippen molar-refractivity contribution in [1.82, 2.24) is 0 Å². The summed E-state index contributed by atoms with van der Waals surface area (Å²) in [6, 6.07) is 21.4. The summed E-state index contributed by atoms with van der Waals surface area (Å²) < 4.78 is 40.6. The predicted molar refractivity (Wildman–Crippen MR) is 117 cm³/mol. The molecule has 29 heavy (non-hydrogen) atoms. The SMILES string of the molecule is COOSOc1ccc2c(c1)c1cc(OS(C)(=O)=O)ccc1[s+]2-c1ccccc1. The molecule has 0 N–H and O–H groups in total. The molecule has 4 rings (SSSR count). The summed E-state index contributed by atoms with van der Waals surface area (Å²) in [4.78, 5) is 5.69. The third-order valence-corrected chi connectivity index (χ3v) is 7.37. The van der Waals surface area contributed by atoms with Crippen molar-refractivity contribution in [2.24, 2.45) is 0 Å². The first-order valence-electron chi connectivity index (χ1n) is 8.47. The monoisotopic (exact) mass is 449 g/mol. The lowest BCUT2D eigenvalue weighted by molar-refractivity contribution is -0.164. The van der Waals surface area contributed by atoms with E-state index in [1.165, 1.54) is 12.0 Å². The van der Waals surface area contributed by atoms with Gasteiger partial charge in [-0.05, 0) is 36.4 Å². The van der Waals surface area contributed by atoms with Gasteiger partial charge < -0.3 is 8.37 Å². The number of hydrogen-bond acceptors (Lipinski definition) is 7. The van der Waals surface area contributed by atoms with Gasteiger partial charge in [0.05, 0.1) is 24.1 Å². The Kier molecular flexibility index (Phi) is 5.66. The van der Waals surface area contributed by atoms with Gasteiger partial charge in [0, 0.05) is 22.6 Å². The van der Waals surface area contributed by atoms with Gasteiger partial charge in [0.15, 0.2) is 14.3 Å². The third kappa shape index (κ3) is 4.34. The Morgan fingerprint density at radius 2 is 1.48 bits per heavy atom. The van der Waals surface area contributed by atoms with E-state index in [4.69, 9.17) is 12.7 Å². The van der Waals surface area contributed by atoms with Crippen LogP contribution in [0.3, 0.4) is 0 Å². The molecular formula is C20H17O6S3+. The quantitative estimate of drug-likeness (QED) is 0.0909. The minimum absolute atomic E-state index is 0.277. The molecule has 0 aliphatic heterocycles. The second-order valence-electron chi connectivity index (χ2n) is 6.11. The van der Waals surface area contributed by atoms with E-state index in [0.717, 1.165) is 38.8 Å². The summed E-state index contributed by atoms with van der Waals surface area (Å²) in [5.41, 5.74) is 0. The normalized spacial score (nSPS) is 12.4. The second kappa shape index (κ2) is 8.21. The lowest BCUT2D eigenvalue weighted by Gasteiger charge is -2.02. The number of hydrogen-bond donors (Lipinski definition) is 0. The van der Waals surface area contributed by atoms with Crippen LogP contribution in [0.15, 0.2) is 66.7 Å². The van der Waals surface area contributed by atoms with E-state index in [0.29, 0.717) is 5.75 Å². The van der Waals surface area contributed by atoms with Gasteiger partial charge in [0.25, 0.3) is 12.3 Å². The predicted octanol–water partition coefficient (Wildman–Crippen LogP) is 5.59. The van der Waals surface area contributed by atoms with Crippen molar-refractivity contribution in [2.45, 2.75) is 0 Å². The van der Waals surface area contributed by atoms with Crippen LogP contribution in [0.25, 0.3) is 25.1 Å². The van der Waals surface area contributed by atoms with Crippen molar-refractivity contribution in [1.29, 1.82) is 0 Å². The number of fused-ring (bicyclic) bond motifs is 3. The minimum Gasteiger partial charge on any atom is -0.399 e. The molecule has 0 radical (unpaired) electrons. The molecule has 0 saturated carbocycles. The second-order valence-corrected chi connectivity index (χ2v) is 10.1. The Morgan fingerprint density at radius 3 is 2.10 bits per heavy atom. The average molecular weight is 450 g/mol. The van der Waals surface area contributed by atoms with Crippen LogP contribution in [0.4, 0.5) is 0 Å². The first-order chi connectivity index (χ1) is 14.0. The maximum Gasteiger partial charge on any atom is 0.306 e. The lowest BCUT2D eigenvalue weighted by Crippen LogP contribution is -2.05. The zero-order valence-corrected chi connectivity index (χ0v) is 18.0. The van der Waals surface area contributed by atoms with Crippen molar-refractivity contribution in [3.05, 3.63) is 66.7 Å². The standard InChI is InChI=1S/C20H17O6S3/c1-23-26-27-24-14-8-10-19-17(12-14)18-13-15(25-29(2,21)22)9-11-20(18)28(19)16-6-4-3-5-7-16/h3-13H,1-2H3/q+1. The van der Waals surface area contributed by atoms with Crippen LogP contribution in [0.1, 0.15) is 0 Å². The van der Waals surface area contributed by atoms with Crippen LogP contribution in [0, 0.1) is 0 Å². The van der Waals surface area contributed by atoms with Gasteiger partial charge in [-0.15, -0.1) is 4.33 Å². The van der Waals surface area contributed by atoms with E-state index in [1.54, 1.807) is 12.1 Å². The fourth-order valence-electron chi connectivity index (χ4n) is 3.08. The number of thiophene rings is 1. The van der Waals surface area contributed by atoms with E-state index in [9.17, 15) is 8.42 Å². The molecule has 6 nitrogen and oxygen atoms in total. The third-order valence-electron chi connectivity index (χ3n) is 4.08. The fourth-order valence-corrected chi connectivity index (χ4v) is 6.16. The van der Waals surface area contributed by atoms with Gasteiger partial charge in [-0.3, -0.25) is 0 Å². The topological polar surface area (TPSA) is 71.1 Å². The van der Waals surface area contributed by atoms with Crippen LogP contribution in [-0.2, 0) is 19.3 Å². The highest BCUT2D eigenvalue weighted by Gasteiger charge is 2.25. The molecule has 0 bridgehead atoms. The van der Waals surface area contributed by atoms with Gasteiger partial charge in [-0.25, -0.2) is 4.89 Å². The Morgan fingerprint density at radius 1 is 0.862 bits per heavy atom. The van der Waals surface area contributed by atoms with Gasteiger partial charge in [-0.2, -0.15) is 8.42 Å². The van der Waals surface area contributed by atoms with E-state index in [1.807, 2.05) is 42.5 Å². The maximum atomic E-state index is 11.6. The largest absolute Gasteiger partial charge is 0.399 e. The molecule has 1 unspecified atom stereocenters. The summed E-state index contributed by atoms with van der Waals surface area (Å²) in [6.07, 6.45) is 1.03. The summed E-state index contributed by atoms with van der Waals surface area (Å²) in [5.74, 6) is 0.865. The van der Waals surface area contributed by atoms with E-state index in [2.05, 4.69) is 17.0 Å². The maximum absolute atomic E-state index is 11.6. The smallest absolute Gasteiger partial charge is 0.306 e. The van der Waals surface area contributed by atoms with Crippen molar-refractivity contribution >= 4 is 53.1 Å². The van der Waals surface area contributed by atoms with Crippen molar-refractivity contribution in [3.63, 3.8) is 0 Å². The summed E-state index contributed by atoms with van der Waals surface area (Å²) in [5, 5.41) is 1.87.